The third-order valence-corrected chi connectivity index (χ3v) is 10.0. The van der Waals surface area contributed by atoms with E-state index in [2.05, 4.69) is 19.2 Å². The van der Waals surface area contributed by atoms with Gasteiger partial charge in [0.25, 0.3) is 0 Å². The van der Waals surface area contributed by atoms with Gasteiger partial charge in [0.15, 0.2) is 17.1 Å². The number of esters is 1. The quantitative estimate of drug-likeness (QED) is 0.0766. The molecule has 1 aliphatic rings. The SMILES string of the molecule is CCOCOC(C)(C)C(=O)OCOC(=O)N1CO[C@@H](C[C@H](C(=O)NCC(C)(C)C(N)=O)C(C)C)[C@@H]1C[C@H](Cc1ccc(OC)c(OCCCOC)c1)C(C)C. The number of carbonyl (C=O) groups excluding carboxylic acids is 4. The molecule has 1 aromatic carbocycles. The van der Waals surface area contributed by atoms with Gasteiger partial charge in [0, 0.05) is 39.2 Å². The van der Waals surface area contributed by atoms with Gasteiger partial charge in [0.1, 0.15) is 13.5 Å². The second kappa shape index (κ2) is 22.8. The van der Waals surface area contributed by atoms with Crippen LogP contribution >= 0.6 is 0 Å². The Balaban J connectivity index is 2.34. The molecule has 1 saturated heterocycles. The van der Waals surface area contributed by atoms with Crippen LogP contribution in [-0.2, 0) is 49.2 Å². The average molecular weight is 782 g/mol. The number of carbonyl (C=O) groups is 4. The number of ether oxygens (including phenoxy) is 8. The van der Waals surface area contributed by atoms with Gasteiger partial charge in [-0.2, -0.15) is 0 Å². The number of hydrogen-bond donors (Lipinski definition) is 2. The van der Waals surface area contributed by atoms with Gasteiger partial charge in [-0.1, -0.05) is 33.8 Å². The molecule has 0 radical (unpaired) electrons. The predicted octanol–water partition coefficient (Wildman–Crippen LogP) is 5.06. The van der Waals surface area contributed by atoms with E-state index in [9.17, 15) is 19.2 Å². The predicted molar refractivity (Wildman–Crippen MR) is 205 cm³/mol. The largest absolute Gasteiger partial charge is 0.493 e. The van der Waals surface area contributed by atoms with Gasteiger partial charge in [0.2, 0.25) is 18.6 Å². The summed E-state index contributed by atoms with van der Waals surface area (Å²) in [5.41, 5.74) is 4.32. The Morgan fingerprint density at radius 2 is 1.67 bits per heavy atom. The first-order valence-corrected chi connectivity index (χ1v) is 19.2. The Morgan fingerprint density at radius 3 is 2.27 bits per heavy atom. The van der Waals surface area contributed by atoms with Crippen LogP contribution in [0, 0.1) is 29.1 Å². The van der Waals surface area contributed by atoms with E-state index in [1.54, 1.807) is 35.0 Å². The molecule has 3 amide bonds. The van der Waals surface area contributed by atoms with Crippen LogP contribution in [0.15, 0.2) is 18.2 Å². The van der Waals surface area contributed by atoms with Crippen LogP contribution in [0.3, 0.4) is 0 Å². The Labute approximate surface area is 327 Å². The van der Waals surface area contributed by atoms with Crippen molar-refractivity contribution < 1.29 is 57.1 Å². The van der Waals surface area contributed by atoms with Crippen LogP contribution in [0.2, 0.25) is 0 Å². The number of nitrogens with one attached hydrogen (secondary N) is 1. The lowest BCUT2D eigenvalue weighted by Crippen LogP contribution is -2.47. The summed E-state index contributed by atoms with van der Waals surface area (Å²) in [5, 5.41) is 2.91. The highest BCUT2D eigenvalue weighted by Crippen LogP contribution is 2.36. The molecule has 0 aromatic heterocycles. The van der Waals surface area contributed by atoms with E-state index in [0.29, 0.717) is 50.6 Å². The lowest BCUT2D eigenvalue weighted by atomic mass is 9.80. The highest BCUT2D eigenvalue weighted by molar-refractivity contribution is 5.83. The lowest BCUT2D eigenvalue weighted by Gasteiger charge is -2.33. The van der Waals surface area contributed by atoms with Crippen LogP contribution in [-0.4, -0.2) is 107 Å². The van der Waals surface area contributed by atoms with Gasteiger partial charge in [-0.3, -0.25) is 14.5 Å². The Kier molecular flexibility index (Phi) is 19.7. The molecule has 0 bridgehead atoms. The summed E-state index contributed by atoms with van der Waals surface area (Å²) in [4.78, 5) is 53.4. The smallest absolute Gasteiger partial charge is 0.414 e. The first kappa shape index (κ1) is 47.5. The third kappa shape index (κ3) is 15.1. The highest BCUT2D eigenvalue weighted by atomic mass is 16.7. The summed E-state index contributed by atoms with van der Waals surface area (Å²) in [6.07, 6.45) is 0.965. The Bertz CT molecular complexity index is 1370. The molecular weight excluding hydrogens is 714 g/mol. The zero-order valence-electron chi connectivity index (χ0n) is 34.9. The van der Waals surface area contributed by atoms with E-state index in [4.69, 9.17) is 43.6 Å². The molecule has 0 saturated carbocycles. The monoisotopic (exact) mass is 781 g/mol. The zero-order valence-corrected chi connectivity index (χ0v) is 34.9. The van der Waals surface area contributed by atoms with Crippen molar-refractivity contribution in [1.29, 1.82) is 0 Å². The van der Waals surface area contributed by atoms with Crippen molar-refractivity contribution in [3.63, 3.8) is 0 Å². The first-order valence-electron chi connectivity index (χ1n) is 19.2. The van der Waals surface area contributed by atoms with E-state index in [1.807, 2.05) is 32.0 Å². The van der Waals surface area contributed by atoms with Crippen molar-refractivity contribution in [3.8, 4) is 11.5 Å². The number of nitrogens with zero attached hydrogens (tertiary/aromatic N) is 1. The summed E-state index contributed by atoms with van der Waals surface area (Å²) in [6, 6.07) is 5.39. The molecule has 1 aliphatic heterocycles. The van der Waals surface area contributed by atoms with E-state index in [-0.39, 0.29) is 43.7 Å². The number of methoxy groups -OCH3 is 2. The molecule has 4 atom stereocenters. The molecule has 2 rings (SSSR count). The normalized spacial score (nSPS) is 17.2. The third-order valence-electron chi connectivity index (χ3n) is 10.0. The molecule has 1 fully saturated rings. The Hall–Kier alpha value is -3.66. The summed E-state index contributed by atoms with van der Waals surface area (Å²) < 4.78 is 44.4. The molecule has 0 aliphatic carbocycles. The van der Waals surface area contributed by atoms with E-state index in [0.717, 1.165) is 12.0 Å². The number of nitrogens with two attached hydrogens (primary N) is 1. The molecule has 314 valence electrons. The van der Waals surface area contributed by atoms with Crippen LogP contribution in [0.5, 0.6) is 11.5 Å². The van der Waals surface area contributed by atoms with Crippen molar-refractivity contribution in [2.24, 2.45) is 34.8 Å². The van der Waals surface area contributed by atoms with Crippen molar-refractivity contribution in [2.45, 2.75) is 106 Å². The molecular formula is C40H67N3O12. The minimum absolute atomic E-state index is 0.0584. The molecule has 15 heteroatoms. The van der Waals surface area contributed by atoms with Crippen molar-refractivity contribution in [1.82, 2.24) is 10.2 Å². The molecule has 0 unspecified atom stereocenters. The number of rotatable bonds is 25. The molecule has 15 nitrogen and oxygen atoms in total. The maximum atomic E-state index is 13.7. The van der Waals surface area contributed by atoms with Gasteiger partial charge in [-0.15, -0.1) is 0 Å². The number of primary amides is 1. The summed E-state index contributed by atoms with van der Waals surface area (Å²) >= 11 is 0. The van der Waals surface area contributed by atoms with E-state index < -0.39 is 53.8 Å². The second-order valence-corrected chi connectivity index (χ2v) is 15.8. The zero-order chi connectivity index (χ0) is 41.3. The number of amides is 3. The standard InChI is InChI=1S/C40H67N3O12/c1-12-50-24-55-40(8,9)37(46)53-25-54-38(47)43-23-52-33(21-30(27(4)5)35(44)42-22-39(6,7)36(41)45)31(43)20-29(26(2)3)18-28-14-15-32(49-11)34(19-28)51-17-13-16-48-10/h14-15,19,26-27,29-31,33H,12-13,16-18,20-25H2,1-11H3,(H2,41,45)(H,42,44)/t29-,30-,31-,33-/m0/s1. The van der Waals surface area contributed by atoms with Crippen molar-refractivity contribution in [3.05, 3.63) is 23.8 Å². The fraction of sp³-hybridized carbons (Fsp3) is 0.750. The molecule has 3 N–H and O–H groups in total. The maximum Gasteiger partial charge on any atom is 0.414 e. The minimum Gasteiger partial charge on any atom is -0.493 e. The fourth-order valence-corrected chi connectivity index (χ4v) is 6.01. The van der Waals surface area contributed by atoms with E-state index >= 15 is 0 Å². The van der Waals surface area contributed by atoms with Crippen molar-refractivity contribution >= 4 is 23.9 Å². The lowest BCUT2D eigenvalue weighted by molar-refractivity contribution is -0.190. The van der Waals surface area contributed by atoms with Crippen molar-refractivity contribution in [2.75, 3.05) is 60.9 Å². The minimum atomic E-state index is -1.33. The molecule has 55 heavy (non-hydrogen) atoms. The van der Waals surface area contributed by atoms with Crippen LogP contribution in [0.25, 0.3) is 0 Å². The average Bonchev–Trinajstić information content (AvgIpc) is 3.52. The van der Waals surface area contributed by atoms with Gasteiger partial charge < -0.3 is 48.9 Å². The topological polar surface area (TPSA) is 183 Å². The molecule has 1 heterocycles. The Morgan fingerprint density at radius 1 is 0.964 bits per heavy atom. The summed E-state index contributed by atoms with van der Waals surface area (Å²) in [7, 11) is 3.25. The first-order chi connectivity index (χ1) is 25.9. The van der Waals surface area contributed by atoms with Gasteiger partial charge in [-0.05, 0) is 89.3 Å². The number of benzene rings is 1. The van der Waals surface area contributed by atoms with Crippen LogP contribution < -0.4 is 20.5 Å². The van der Waals surface area contributed by atoms with E-state index in [1.165, 1.54) is 18.7 Å². The highest BCUT2D eigenvalue weighted by Gasteiger charge is 2.43. The molecule has 1 aromatic rings. The van der Waals surface area contributed by atoms with Crippen LogP contribution in [0.1, 0.15) is 87.1 Å². The summed E-state index contributed by atoms with van der Waals surface area (Å²) in [5.74, 6) is -0.545. The van der Waals surface area contributed by atoms with Gasteiger partial charge in [0.05, 0.1) is 31.3 Å². The summed E-state index contributed by atoms with van der Waals surface area (Å²) in [6.45, 7) is 17.1. The van der Waals surface area contributed by atoms with Crippen LogP contribution in [0.4, 0.5) is 4.79 Å². The number of hydrogen-bond acceptors (Lipinski definition) is 12. The maximum absolute atomic E-state index is 13.7. The van der Waals surface area contributed by atoms with Gasteiger partial charge >= 0.3 is 12.1 Å². The second-order valence-electron chi connectivity index (χ2n) is 15.8. The fourth-order valence-electron chi connectivity index (χ4n) is 6.01. The molecule has 0 spiro atoms. The van der Waals surface area contributed by atoms with Gasteiger partial charge in [-0.25, -0.2) is 9.59 Å².